The van der Waals surface area contributed by atoms with Gasteiger partial charge in [0.1, 0.15) is 5.54 Å². The average molecular weight is 304 g/mol. The number of carbonyl (C=O) groups excluding carboxylic acids is 2. The molecule has 0 spiro atoms. The monoisotopic (exact) mass is 304 g/mol. The van der Waals surface area contributed by atoms with Crippen LogP contribution in [-0.2, 0) is 14.3 Å². The van der Waals surface area contributed by atoms with E-state index in [0.717, 1.165) is 12.0 Å². The SMILES string of the molecule is CC(=O)NC(C)(C)C(=O)N1CCOC(c2ccccc2)CC1. The number of nitrogens with one attached hydrogen (secondary N) is 1. The van der Waals surface area contributed by atoms with Crippen LogP contribution in [0.15, 0.2) is 30.3 Å². The molecule has 2 rings (SSSR count). The lowest BCUT2D eigenvalue weighted by Crippen LogP contribution is -2.55. The Balaban J connectivity index is 2.01. The minimum absolute atomic E-state index is 0.0166. The molecule has 1 aromatic rings. The molecule has 1 atom stereocenters. The van der Waals surface area contributed by atoms with E-state index in [-0.39, 0.29) is 17.9 Å². The molecular weight excluding hydrogens is 280 g/mol. The van der Waals surface area contributed by atoms with Crippen molar-refractivity contribution in [2.75, 3.05) is 19.7 Å². The summed E-state index contributed by atoms with van der Waals surface area (Å²) in [5.74, 6) is -0.272. The van der Waals surface area contributed by atoms with Gasteiger partial charge in [-0.25, -0.2) is 0 Å². The fourth-order valence-electron chi connectivity index (χ4n) is 2.80. The maximum Gasteiger partial charge on any atom is 0.247 e. The topological polar surface area (TPSA) is 58.6 Å². The van der Waals surface area contributed by atoms with E-state index in [1.54, 1.807) is 18.7 Å². The van der Waals surface area contributed by atoms with Gasteiger partial charge in [0.05, 0.1) is 12.7 Å². The zero-order valence-corrected chi connectivity index (χ0v) is 13.5. The predicted molar refractivity (Wildman–Crippen MR) is 84.2 cm³/mol. The van der Waals surface area contributed by atoms with Gasteiger partial charge in [-0.3, -0.25) is 9.59 Å². The number of benzene rings is 1. The number of carbonyl (C=O) groups is 2. The van der Waals surface area contributed by atoms with Crippen LogP contribution in [0.3, 0.4) is 0 Å². The number of nitrogens with zero attached hydrogens (tertiary/aromatic N) is 1. The lowest BCUT2D eigenvalue weighted by Gasteiger charge is -2.31. The summed E-state index contributed by atoms with van der Waals surface area (Å²) in [5, 5.41) is 2.71. The van der Waals surface area contributed by atoms with Gasteiger partial charge in [0, 0.05) is 20.0 Å². The van der Waals surface area contributed by atoms with Crippen molar-refractivity contribution in [2.24, 2.45) is 0 Å². The van der Waals surface area contributed by atoms with Crippen molar-refractivity contribution in [1.82, 2.24) is 10.2 Å². The summed E-state index contributed by atoms with van der Waals surface area (Å²) >= 11 is 0. The predicted octanol–water partition coefficient (Wildman–Crippen LogP) is 1.89. The summed E-state index contributed by atoms with van der Waals surface area (Å²) in [6, 6.07) is 10.1. The molecule has 2 amide bonds. The highest BCUT2D eigenvalue weighted by Crippen LogP contribution is 2.24. The first-order valence-corrected chi connectivity index (χ1v) is 7.65. The van der Waals surface area contributed by atoms with Crippen LogP contribution in [-0.4, -0.2) is 41.9 Å². The highest BCUT2D eigenvalue weighted by atomic mass is 16.5. The first-order valence-electron chi connectivity index (χ1n) is 7.65. The fourth-order valence-corrected chi connectivity index (χ4v) is 2.80. The van der Waals surface area contributed by atoms with Gasteiger partial charge in [0.15, 0.2) is 0 Å². The van der Waals surface area contributed by atoms with Crippen LogP contribution in [0.2, 0.25) is 0 Å². The molecule has 1 N–H and O–H groups in total. The van der Waals surface area contributed by atoms with Crippen molar-refractivity contribution in [2.45, 2.75) is 38.8 Å². The Hall–Kier alpha value is -1.88. The second kappa shape index (κ2) is 6.92. The lowest BCUT2D eigenvalue weighted by molar-refractivity contribution is -0.140. The maximum atomic E-state index is 12.6. The second-order valence-electron chi connectivity index (χ2n) is 6.16. The van der Waals surface area contributed by atoms with Gasteiger partial charge in [-0.1, -0.05) is 30.3 Å². The molecule has 1 fully saturated rings. The van der Waals surface area contributed by atoms with Crippen LogP contribution in [0.1, 0.15) is 38.9 Å². The first kappa shape index (κ1) is 16.5. The molecule has 120 valence electrons. The molecule has 1 aliphatic rings. The first-order chi connectivity index (χ1) is 10.4. The Morgan fingerprint density at radius 2 is 1.91 bits per heavy atom. The van der Waals surface area contributed by atoms with Gasteiger partial charge < -0.3 is 15.0 Å². The van der Waals surface area contributed by atoms with Gasteiger partial charge in [-0.05, 0) is 25.8 Å². The maximum absolute atomic E-state index is 12.6. The molecule has 1 heterocycles. The lowest BCUT2D eigenvalue weighted by atomic mass is 10.0. The molecule has 1 aliphatic heterocycles. The van der Waals surface area contributed by atoms with Crippen LogP contribution in [0.4, 0.5) is 0 Å². The largest absolute Gasteiger partial charge is 0.372 e. The van der Waals surface area contributed by atoms with Crippen LogP contribution < -0.4 is 5.32 Å². The minimum Gasteiger partial charge on any atom is -0.372 e. The van der Waals surface area contributed by atoms with Crippen LogP contribution >= 0.6 is 0 Å². The summed E-state index contributed by atoms with van der Waals surface area (Å²) in [4.78, 5) is 25.6. The molecule has 0 bridgehead atoms. The number of ether oxygens (including phenoxy) is 1. The van der Waals surface area contributed by atoms with Gasteiger partial charge in [0.25, 0.3) is 0 Å². The van der Waals surface area contributed by atoms with E-state index in [1.807, 2.05) is 30.3 Å². The Morgan fingerprint density at radius 3 is 2.55 bits per heavy atom. The van der Waals surface area contributed by atoms with Gasteiger partial charge in [-0.15, -0.1) is 0 Å². The third-order valence-corrected chi connectivity index (χ3v) is 3.82. The van der Waals surface area contributed by atoms with E-state index >= 15 is 0 Å². The van der Waals surface area contributed by atoms with Crippen LogP contribution in [0.5, 0.6) is 0 Å². The Labute approximate surface area is 131 Å². The molecule has 0 saturated carbocycles. The molecule has 22 heavy (non-hydrogen) atoms. The molecule has 1 aromatic carbocycles. The van der Waals surface area contributed by atoms with Crippen molar-refractivity contribution in [3.63, 3.8) is 0 Å². The number of hydrogen-bond acceptors (Lipinski definition) is 3. The normalized spacial score (nSPS) is 19.4. The molecule has 1 unspecified atom stereocenters. The Kier molecular flexibility index (Phi) is 5.19. The molecule has 0 radical (unpaired) electrons. The van der Waals surface area contributed by atoms with Crippen molar-refractivity contribution in [3.8, 4) is 0 Å². The smallest absolute Gasteiger partial charge is 0.247 e. The second-order valence-corrected chi connectivity index (χ2v) is 6.16. The average Bonchev–Trinajstić information content (AvgIpc) is 2.72. The van der Waals surface area contributed by atoms with Gasteiger partial charge >= 0.3 is 0 Å². The van der Waals surface area contributed by atoms with Gasteiger partial charge in [0.2, 0.25) is 11.8 Å². The quantitative estimate of drug-likeness (QED) is 0.928. The van der Waals surface area contributed by atoms with Crippen molar-refractivity contribution >= 4 is 11.8 Å². The van der Waals surface area contributed by atoms with E-state index < -0.39 is 5.54 Å². The highest BCUT2D eigenvalue weighted by Gasteiger charge is 2.34. The summed E-state index contributed by atoms with van der Waals surface area (Å²) in [6.07, 6.45) is 0.772. The van der Waals surface area contributed by atoms with Crippen molar-refractivity contribution in [3.05, 3.63) is 35.9 Å². The van der Waals surface area contributed by atoms with E-state index in [9.17, 15) is 9.59 Å². The van der Waals surface area contributed by atoms with Gasteiger partial charge in [-0.2, -0.15) is 0 Å². The summed E-state index contributed by atoms with van der Waals surface area (Å²) < 4.78 is 5.88. The summed E-state index contributed by atoms with van der Waals surface area (Å²) in [6.45, 7) is 6.56. The number of rotatable bonds is 3. The molecule has 1 saturated heterocycles. The highest BCUT2D eigenvalue weighted by molar-refractivity contribution is 5.90. The van der Waals surface area contributed by atoms with Crippen LogP contribution in [0, 0.1) is 0 Å². The molecular formula is C17H24N2O3. The Bertz CT molecular complexity index is 528. The standard InChI is InChI=1S/C17H24N2O3/c1-13(20)18-17(2,3)16(21)19-10-9-15(22-12-11-19)14-7-5-4-6-8-14/h4-8,15H,9-12H2,1-3H3,(H,18,20). The third-order valence-electron chi connectivity index (χ3n) is 3.82. The summed E-state index contributed by atoms with van der Waals surface area (Å²) in [7, 11) is 0. The molecule has 5 heteroatoms. The molecule has 0 aromatic heterocycles. The van der Waals surface area contributed by atoms with E-state index in [2.05, 4.69) is 5.32 Å². The fraction of sp³-hybridized carbons (Fsp3) is 0.529. The van der Waals surface area contributed by atoms with E-state index in [4.69, 9.17) is 4.74 Å². The summed E-state index contributed by atoms with van der Waals surface area (Å²) in [5.41, 5.74) is 0.247. The van der Waals surface area contributed by atoms with Crippen molar-refractivity contribution in [1.29, 1.82) is 0 Å². The Morgan fingerprint density at radius 1 is 1.23 bits per heavy atom. The zero-order chi connectivity index (χ0) is 16.2. The van der Waals surface area contributed by atoms with Crippen LogP contribution in [0.25, 0.3) is 0 Å². The molecule has 0 aliphatic carbocycles. The van der Waals surface area contributed by atoms with Crippen molar-refractivity contribution < 1.29 is 14.3 Å². The number of hydrogen-bond donors (Lipinski definition) is 1. The molecule has 5 nitrogen and oxygen atoms in total. The number of amides is 2. The third kappa shape index (κ3) is 4.07. The van der Waals surface area contributed by atoms with E-state index in [1.165, 1.54) is 6.92 Å². The zero-order valence-electron chi connectivity index (χ0n) is 13.5. The van der Waals surface area contributed by atoms with E-state index in [0.29, 0.717) is 19.7 Å². The minimum atomic E-state index is -0.890.